The van der Waals surface area contributed by atoms with Crippen LogP contribution in [0.3, 0.4) is 0 Å². The Morgan fingerprint density at radius 3 is 2.60 bits per heavy atom. The van der Waals surface area contributed by atoms with E-state index < -0.39 is 5.97 Å². The van der Waals surface area contributed by atoms with E-state index in [4.69, 9.17) is 0 Å². The van der Waals surface area contributed by atoms with E-state index in [1.807, 2.05) is 0 Å². The summed E-state index contributed by atoms with van der Waals surface area (Å²) in [5.41, 5.74) is 0. The van der Waals surface area contributed by atoms with Crippen LogP contribution in [-0.4, -0.2) is 5.97 Å². The van der Waals surface area contributed by atoms with Gasteiger partial charge in [-0.15, -0.1) is 0 Å². The van der Waals surface area contributed by atoms with Gasteiger partial charge in [0.2, 0.25) is 0 Å². The predicted molar refractivity (Wildman–Crippen MR) is 33.7 cm³/mol. The van der Waals surface area contributed by atoms with E-state index >= 15 is 0 Å². The van der Waals surface area contributed by atoms with Crippen molar-refractivity contribution in [1.82, 2.24) is 0 Å². The molecule has 0 spiro atoms. The Morgan fingerprint density at radius 2 is 2.20 bits per heavy atom. The number of carbonyl (C=O) groups is 1. The molecule has 0 aliphatic heterocycles. The zero-order valence-electron chi connectivity index (χ0n) is 6.59. The monoisotopic (exact) mass is 166 g/mol. The van der Waals surface area contributed by atoms with Crippen molar-refractivity contribution in [3.05, 3.63) is 12.2 Å². The number of aliphatic carboxylic acids is 1. The van der Waals surface area contributed by atoms with Crippen molar-refractivity contribution in [3.8, 4) is 0 Å². The SMILES string of the molecule is CCCC/C=C\C(=O)[O-].[K+]. The third-order valence-electron chi connectivity index (χ3n) is 0.978. The molecule has 0 N–H and O–H groups in total. The van der Waals surface area contributed by atoms with Crippen LogP contribution in [0.4, 0.5) is 0 Å². The van der Waals surface area contributed by atoms with Crippen molar-refractivity contribution < 1.29 is 61.3 Å². The van der Waals surface area contributed by atoms with Crippen LogP contribution in [-0.2, 0) is 4.79 Å². The van der Waals surface area contributed by atoms with Crippen LogP contribution in [0.5, 0.6) is 0 Å². The number of hydrogen-bond acceptors (Lipinski definition) is 2. The zero-order chi connectivity index (χ0) is 7.11. The van der Waals surface area contributed by atoms with E-state index in [2.05, 4.69) is 6.92 Å². The number of unbranched alkanes of at least 4 members (excludes halogenated alkanes) is 2. The van der Waals surface area contributed by atoms with Crippen LogP contribution in [0.25, 0.3) is 0 Å². The maximum atomic E-state index is 9.76. The zero-order valence-corrected chi connectivity index (χ0v) is 9.72. The molecule has 10 heavy (non-hydrogen) atoms. The largest absolute Gasteiger partial charge is 1.00 e. The van der Waals surface area contributed by atoms with Crippen molar-refractivity contribution in [2.45, 2.75) is 26.2 Å². The molecule has 0 aromatic carbocycles. The molecule has 0 amide bonds. The van der Waals surface area contributed by atoms with Crippen LogP contribution in [0.1, 0.15) is 26.2 Å². The molecule has 0 aliphatic rings. The molecule has 3 heteroatoms. The summed E-state index contributed by atoms with van der Waals surface area (Å²) in [6.45, 7) is 2.06. The Morgan fingerprint density at radius 1 is 1.60 bits per heavy atom. The Bertz CT molecular complexity index is 110. The summed E-state index contributed by atoms with van der Waals surface area (Å²) >= 11 is 0. The van der Waals surface area contributed by atoms with E-state index in [9.17, 15) is 9.90 Å². The quantitative estimate of drug-likeness (QED) is 0.263. The normalized spacial score (nSPS) is 9.30. The molecule has 52 valence electrons. The number of carboxylic acid groups (broad SMARTS) is 1. The maximum absolute atomic E-state index is 9.76. The van der Waals surface area contributed by atoms with Gasteiger partial charge in [0.1, 0.15) is 0 Å². The Balaban J connectivity index is 0. The first-order valence-corrected chi connectivity index (χ1v) is 3.15. The van der Waals surface area contributed by atoms with Gasteiger partial charge in [-0.3, -0.25) is 0 Å². The molecule has 0 rings (SSSR count). The fraction of sp³-hybridized carbons (Fsp3) is 0.571. The summed E-state index contributed by atoms with van der Waals surface area (Å²) < 4.78 is 0. The second kappa shape index (κ2) is 9.85. The molecule has 0 aromatic heterocycles. The summed E-state index contributed by atoms with van der Waals surface area (Å²) in [4.78, 5) is 9.76. The smallest absolute Gasteiger partial charge is 0.545 e. The molecule has 0 aliphatic carbocycles. The van der Waals surface area contributed by atoms with Crippen LogP contribution in [0, 0.1) is 0 Å². The van der Waals surface area contributed by atoms with Gasteiger partial charge in [-0.1, -0.05) is 25.8 Å². The fourth-order valence-corrected chi connectivity index (χ4v) is 0.502. The van der Waals surface area contributed by atoms with E-state index in [0.717, 1.165) is 25.3 Å². The standard InChI is InChI=1S/C7H12O2.K/c1-2-3-4-5-6-7(8)9;/h5-6H,2-4H2,1H3,(H,8,9);/q;+1/p-1/b6-5-;. The Labute approximate surface area is 104 Å². The molecule has 0 radical (unpaired) electrons. The molecule has 0 bridgehead atoms. The molecule has 0 aromatic rings. The molecule has 2 nitrogen and oxygen atoms in total. The van der Waals surface area contributed by atoms with Gasteiger partial charge in [0.15, 0.2) is 0 Å². The molecule has 0 atom stereocenters. The number of carbonyl (C=O) groups excluding carboxylic acids is 1. The van der Waals surface area contributed by atoms with E-state index in [0.29, 0.717) is 0 Å². The van der Waals surface area contributed by atoms with Crippen LogP contribution in [0.15, 0.2) is 12.2 Å². The molecule has 0 saturated carbocycles. The summed E-state index contributed by atoms with van der Waals surface area (Å²) in [6, 6.07) is 0. The number of carboxylic acids is 1. The van der Waals surface area contributed by atoms with Gasteiger partial charge >= 0.3 is 51.4 Å². The van der Waals surface area contributed by atoms with Gasteiger partial charge in [-0.2, -0.15) is 0 Å². The van der Waals surface area contributed by atoms with Crippen molar-refractivity contribution in [3.63, 3.8) is 0 Å². The number of hydrogen-bond donors (Lipinski definition) is 0. The van der Waals surface area contributed by atoms with Crippen LogP contribution >= 0.6 is 0 Å². The second-order valence-corrected chi connectivity index (χ2v) is 1.86. The molecular formula is C7H11KO2. The summed E-state index contributed by atoms with van der Waals surface area (Å²) in [6.07, 6.45) is 5.68. The number of rotatable bonds is 4. The van der Waals surface area contributed by atoms with E-state index in [1.54, 1.807) is 6.08 Å². The first-order chi connectivity index (χ1) is 4.27. The average Bonchev–Trinajstić information content (AvgIpc) is 1.80. The predicted octanol–water partition coefficient (Wildman–Crippen LogP) is -2.51. The van der Waals surface area contributed by atoms with Crippen molar-refractivity contribution in [1.29, 1.82) is 0 Å². The third kappa shape index (κ3) is 11.6. The summed E-state index contributed by atoms with van der Waals surface area (Å²) in [5.74, 6) is -1.11. The molecule has 0 unspecified atom stereocenters. The topological polar surface area (TPSA) is 40.1 Å². The van der Waals surface area contributed by atoms with Gasteiger partial charge < -0.3 is 9.90 Å². The molecule has 0 fully saturated rings. The first kappa shape index (κ1) is 13.4. The first-order valence-electron chi connectivity index (χ1n) is 3.15. The van der Waals surface area contributed by atoms with Crippen LogP contribution in [0.2, 0.25) is 0 Å². The minimum atomic E-state index is -1.11. The minimum absolute atomic E-state index is 0. The van der Waals surface area contributed by atoms with Crippen molar-refractivity contribution in [2.24, 2.45) is 0 Å². The Hall–Kier alpha value is 0.846. The molecular weight excluding hydrogens is 155 g/mol. The second-order valence-electron chi connectivity index (χ2n) is 1.86. The summed E-state index contributed by atoms with van der Waals surface area (Å²) in [5, 5.41) is 9.76. The fourth-order valence-electron chi connectivity index (χ4n) is 0.502. The average molecular weight is 166 g/mol. The van der Waals surface area contributed by atoms with Gasteiger partial charge in [0, 0.05) is 0 Å². The van der Waals surface area contributed by atoms with Crippen molar-refractivity contribution >= 4 is 5.97 Å². The van der Waals surface area contributed by atoms with Gasteiger partial charge in [-0.25, -0.2) is 0 Å². The van der Waals surface area contributed by atoms with E-state index in [1.165, 1.54) is 0 Å². The molecule has 0 saturated heterocycles. The van der Waals surface area contributed by atoms with Gasteiger partial charge in [0.25, 0.3) is 0 Å². The molecule has 0 heterocycles. The summed E-state index contributed by atoms with van der Waals surface area (Å²) in [7, 11) is 0. The number of allylic oxidation sites excluding steroid dienone is 1. The van der Waals surface area contributed by atoms with E-state index in [-0.39, 0.29) is 51.4 Å². The van der Waals surface area contributed by atoms with Crippen molar-refractivity contribution in [2.75, 3.05) is 0 Å². The minimum Gasteiger partial charge on any atom is -0.545 e. The Kier molecular flexibility index (Phi) is 13.2. The maximum Gasteiger partial charge on any atom is 1.00 e. The van der Waals surface area contributed by atoms with Gasteiger partial charge in [0.05, 0.1) is 5.97 Å². The third-order valence-corrected chi connectivity index (χ3v) is 0.978. The van der Waals surface area contributed by atoms with Gasteiger partial charge in [-0.05, 0) is 12.5 Å². The van der Waals surface area contributed by atoms with Crippen LogP contribution < -0.4 is 56.5 Å².